The summed E-state index contributed by atoms with van der Waals surface area (Å²) in [5.41, 5.74) is 4.93. The van der Waals surface area contributed by atoms with Crippen molar-refractivity contribution in [2.75, 3.05) is 7.11 Å². The molecule has 0 aliphatic heterocycles. The minimum Gasteiger partial charge on any atom is -0.481 e. The Balaban J connectivity index is 2.60. The molecule has 0 spiro atoms. The van der Waals surface area contributed by atoms with E-state index in [9.17, 15) is 14.7 Å². The van der Waals surface area contributed by atoms with Crippen LogP contribution in [0.2, 0.25) is 19.6 Å². The summed E-state index contributed by atoms with van der Waals surface area (Å²) < 4.78 is 4.90. The molecule has 1 aliphatic carbocycles. The predicted octanol–water partition coefficient (Wildman–Crippen LogP) is 3.31. The van der Waals surface area contributed by atoms with Gasteiger partial charge in [0.1, 0.15) is 8.07 Å². The fourth-order valence-corrected chi connectivity index (χ4v) is 3.34. The van der Waals surface area contributed by atoms with Crippen LogP contribution in [-0.2, 0) is 14.3 Å². The van der Waals surface area contributed by atoms with Crippen molar-refractivity contribution in [1.29, 1.82) is 0 Å². The molecular weight excluding hydrogens is 320 g/mol. The summed E-state index contributed by atoms with van der Waals surface area (Å²) in [6.07, 6.45) is 2.12. The number of ether oxygens (including phenoxy) is 1. The van der Waals surface area contributed by atoms with Gasteiger partial charge in [0.25, 0.3) is 0 Å². The van der Waals surface area contributed by atoms with Crippen molar-refractivity contribution in [1.82, 2.24) is 0 Å². The molecule has 0 radical (unpaired) electrons. The van der Waals surface area contributed by atoms with Crippen molar-refractivity contribution in [2.24, 2.45) is 5.92 Å². The first-order valence-electron chi connectivity index (χ1n) is 7.88. The molecule has 0 heterocycles. The molecule has 1 aromatic carbocycles. The van der Waals surface area contributed by atoms with Crippen LogP contribution in [0.3, 0.4) is 0 Å². The highest BCUT2D eigenvalue weighted by Gasteiger charge is 2.31. The van der Waals surface area contributed by atoms with Crippen LogP contribution in [0.15, 0.2) is 30.3 Å². The molecule has 2 rings (SSSR count). The Morgan fingerprint density at radius 3 is 2.50 bits per heavy atom. The monoisotopic (exact) mass is 342 g/mol. The average Bonchev–Trinajstić information content (AvgIpc) is 2.69. The maximum atomic E-state index is 12.2. The smallest absolute Gasteiger partial charge is 0.338 e. The lowest BCUT2D eigenvalue weighted by atomic mass is 9.89. The quantitative estimate of drug-likeness (QED) is 0.509. The lowest BCUT2D eigenvalue weighted by Crippen LogP contribution is -2.18. The second kappa shape index (κ2) is 7.06. The molecule has 0 saturated heterocycles. The molecule has 0 aromatic heterocycles. The van der Waals surface area contributed by atoms with E-state index in [1.807, 2.05) is 0 Å². The third-order valence-electron chi connectivity index (χ3n) is 3.82. The first-order valence-corrected chi connectivity index (χ1v) is 11.4. The third-order valence-corrected chi connectivity index (χ3v) is 4.71. The fraction of sp³-hybridized carbons (Fsp3) is 0.368. The summed E-state index contributed by atoms with van der Waals surface area (Å²) in [5.74, 6) is 0.843. The molecule has 24 heavy (non-hydrogen) atoms. The van der Waals surface area contributed by atoms with Gasteiger partial charge in [-0.3, -0.25) is 4.79 Å². The average molecular weight is 342 g/mol. The lowest BCUT2D eigenvalue weighted by Gasteiger charge is -2.15. The Labute approximate surface area is 143 Å². The lowest BCUT2D eigenvalue weighted by molar-refractivity contribution is -0.139. The Morgan fingerprint density at radius 1 is 1.25 bits per heavy atom. The van der Waals surface area contributed by atoms with Crippen molar-refractivity contribution in [3.05, 3.63) is 41.5 Å². The number of rotatable bonds is 2. The second-order valence-corrected chi connectivity index (χ2v) is 11.7. The number of esters is 1. The van der Waals surface area contributed by atoms with Crippen molar-refractivity contribution in [3.8, 4) is 11.5 Å². The first-order chi connectivity index (χ1) is 11.2. The zero-order valence-corrected chi connectivity index (χ0v) is 15.4. The molecule has 0 amide bonds. The SMILES string of the molecule is COC(=O)C1=C[C@H](C#C[Si](C)(C)C)C[C@H](C(=O)O)c2ccccc21. The van der Waals surface area contributed by atoms with Gasteiger partial charge in [0.2, 0.25) is 0 Å². The predicted molar refractivity (Wildman–Crippen MR) is 96.0 cm³/mol. The van der Waals surface area contributed by atoms with E-state index in [4.69, 9.17) is 4.74 Å². The highest BCUT2D eigenvalue weighted by molar-refractivity contribution is 6.83. The van der Waals surface area contributed by atoms with Gasteiger partial charge in [-0.1, -0.05) is 50.0 Å². The molecule has 4 nitrogen and oxygen atoms in total. The normalized spacial score (nSPS) is 19.9. The number of aliphatic carboxylic acids is 1. The van der Waals surface area contributed by atoms with Crippen LogP contribution in [0.4, 0.5) is 0 Å². The molecule has 0 unspecified atom stereocenters. The molecule has 126 valence electrons. The van der Waals surface area contributed by atoms with E-state index < -0.39 is 25.9 Å². The van der Waals surface area contributed by atoms with E-state index in [-0.39, 0.29) is 5.92 Å². The van der Waals surface area contributed by atoms with Gasteiger partial charge in [0, 0.05) is 5.92 Å². The number of methoxy groups -OCH3 is 1. The second-order valence-electron chi connectivity index (χ2n) is 6.91. The Bertz CT molecular complexity index is 747. The molecule has 0 fully saturated rings. The molecular formula is C19H22O4Si. The zero-order chi connectivity index (χ0) is 17.9. The number of carbonyl (C=O) groups is 2. The Hall–Kier alpha value is -2.32. The Kier molecular flexibility index (Phi) is 5.30. The molecule has 1 N–H and O–H groups in total. The molecule has 0 saturated carbocycles. The van der Waals surface area contributed by atoms with Crippen molar-refractivity contribution in [3.63, 3.8) is 0 Å². The third kappa shape index (κ3) is 4.15. The summed E-state index contributed by atoms with van der Waals surface area (Å²) in [6.45, 7) is 6.39. The minimum atomic E-state index is -1.60. The van der Waals surface area contributed by atoms with Crippen LogP contribution in [0.5, 0.6) is 0 Å². The molecule has 2 atom stereocenters. The number of carbonyl (C=O) groups excluding carboxylic acids is 1. The maximum Gasteiger partial charge on any atom is 0.338 e. The number of fused-ring (bicyclic) bond motifs is 1. The van der Waals surface area contributed by atoms with E-state index in [2.05, 4.69) is 31.1 Å². The number of hydrogen-bond acceptors (Lipinski definition) is 3. The topological polar surface area (TPSA) is 63.6 Å². The number of benzene rings is 1. The maximum absolute atomic E-state index is 12.2. The van der Waals surface area contributed by atoms with E-state index in [0.29, 0.717) is 23.1 Å². The fourth-order valence-electron chi connectivity index (χ4n) is 2.72. The number of carboxylic acids is 1. The van der Waals surface area contributed by atoms with Crippen LogP contribution in [0.25, 0.3) is 5.57 Å². The molecule has 1 aromatic rings. The minimum absolute atomic E-state index is 0.292. The van der Waals surface area contributed by atoms with Gasteiger partial charge in [0.15, 0.2) is 0 Å². The van der Waals surface area contributed by atoms with Crippen LogP contribution in [0.1, 0.15) is 23.5 Å². The summed E-state index contributed by atoms with van der Waals surface area (Å²) >= 11 is 0. The van der Waals surface area contributed by atoms with Crippen LogP contribution >= 0.6 is 0 Å². The number of hydrogen-bond donors (Lipinski definition) is 1. The molecule has 0 bridgehead atoms. The van der Waals surface area contributed by atoms with Crippen LogP contribution < -0.4 is 0 Å². The summed E-state index contributed by atoms with van der Waals surface area (Å²) in [5, 5.41) is 9.66. The van der Waals surface area contributed by atoms with E-state index in [0.717, 1.165) is 0 Å². The standard InChI is InChI=1S/C19H22O4Si/c1-23-19(22)17-12-13(9-10-24(2,3)4)11-16(18(20)21)14-7-5-6-8-15(14)17/h5-8,12-13,16H,11H2,1-4H3,(H,20,21)/t13-,16+/m1/s1. The van der Waals surface area contributed by atoms with E-state index >= 15 is 0 Å². The summed E-state index contributed by atoms with van der Waals surface area (Å²) in [6, 6.07) is 7.11. The van der Waals surface area contributed by atoms with Crippen LogP contribution in [0, 0.1) is 17.4 Å². The number of carboxylic acid groups (broad SMARTS) is 1. The van der Waals surface area contributed by atoms with Crippen LogP contribution in [-0.4, -0.2) is 32.2 Å². The first kappa shape index (κ1) is 18.0. The van der Waals surface area contributed by atoms with Gasteiger partial charge in [-0.05, 0) is 17.5 Å². The van der Waals surface area contributed by atoms with Crippen molar-refractivity contribution < 1.29 is 19.4 Å². The molecule has 1 aliphatic rings. The zero-order valence-electron chi connectivity index (χ0n) is 14.4. The molecule has 5 heteroatoms. The van der Waals surface area contributed by atoms with Gasteiger partial charge in [-0.15, -0.1) is 11.5 Å². The van der Waals surface area contributed by atoms with Gasteiger partial charge >= 0.3 is 11.9 Å². The van der Waals surface area contributed by atoms with E-state index in [1.54, 1.807) is 30.3 Å². The van der Waals surface area contributed by atoms with Crippen molar-refractivity contribution >= 4 is 25.6 Å². The van der Waals surface area contributed by atoms with E-state index in [1.165, 1.54) is 7.11 Å². The largest absolute Gasteiger partial charge is 0.481 e. The van der Waals surface area contributed by atoms with Crippen molar-refractivity contribution in [2.45, 2.75) is 32.0 Å². The summed E-state index contributed by atoms with van der Waals surface area (Å²) in [4.78, 5) is 24.0. The summed E-state index contributed by atoms with van der Waals surface area (Å²) in [7, 11) is -0.271. The van der Waals surface area contributed by atoms with Gasteiger partial charge < -0.3 is 9.84 Å². The van der Waals surface area contributed by atoms with Gasteiger partial charge in [-0.25, -0.2) is 4.79 Å². The number of allylic oxidation sites excluding steroid dienone is 1. The van der Waals surface area contributed by atoms with Gasteiger partial charge in [0.05, 0.1) is 18.6 Å². The Morgan fingerprint density at radius 2 is 1.92 bits per heavy atom. The van der Waals surface area contributed by atoms with Gasteiger partial charge in [-0.2, -0.15) is 0 Å². The highest BCUT2D eigenvalue weighted by atomic mass is 28.3. The highest BCUT2D eigenvalue weighted by Crippen LogP contribution is 2.36.